The molecule has 0 aliphatic heterocycles. The summed E-state index contributed by atoms with van der Waals surface area (Å²) in [4.78, 5) is 12.6. The molecule has 0 radical (unpaired) electrons. The van der Waals surface area contributed by atoms with Gasteiger partial charge in [-0.2, -0.15) is 0 Å². The van der Waals surface area contributed by atoms with Gasteiger partial charge in [0.15, 0.2) is 0 Å². The molecule has 2 heteroatoms. The van der Waals surface area contributed by atoms with Crippen molar-refractivity contribution in [2.75, 3.05) is 6.54 Å². The van der Waals surface area contributed by atoms with Gasteiger partial charge in [0.1, 0.15) is 0 Å². The zero-order valence-corrected chi connectivity index (χ0v) is 14.5. The number of hydrogen-bond donors (Lipinski definition) is 1. The first-order valence-corrected chi connectivity index (χ1v) is 8.08. The predicted octanol–water partition coefficient (Wildman–Crippen LogP) is 4.95. The van der Waals surface area contributed by atoms with Crippen molar-refractivity contribution in [3.8, 4) is 0 Å². The lowest BCUT2D eigenvalue weighted by molar-refractivity contribution is -0.130. The first-order chi connectivity index (χ1) is 9.20. The fraction of sp³-hybridized carbons (Fsp3) is 0.833. The monoisotopic (exact) mass is 281 g/mol. The van der Waals surface area contributed by atoms with E-state index in [2.05, 4.69) is 53.4 Å². The third-order valence-corrected chi connectivity index (χ3v) is 4.50. The lowest BCUT2D eigenvalue weighted by Gasteiger charge is -2.38. The summed E-state index contributed by atoms with van der Waals surface area (Å²) in [7, 11) is 0. The average Bonchev–Trinajstić information content (AvgIpc) is 2.36. The SMILES string of the molecule is C=CCCNC(=O)C(CC(C)(C)CCC)C(C)(C)CC. The van der Waals surface area contributed by atoms with Crippen molar-refractivity contribution in [1.29, 1.82) is 0 Å². The van der Waals surface area contributed by atoms with Gasteiger partial charge in [0.2, 0.25) is 5.91 Å². The Balaban J connectivity index is 4.90. The molecule has 0 aliphatic rings. The average molecular weight is 281 g/mol. The van der Waals surface area contributed by atoms with Gasteiger partial charge in [-0.3, -0.25) is 4.79 Å². The van der Waals surface area contributed by atoms with E-state index in [9.17, 15) is 4.79 Å². The van der Waals surface area contributed by atoms with Gasteiger partial charge >= 0.3 is 0 Å². The number of amides is 1. The van der Waals surface area contributed by atoms with Crippen LogP contribution in [0.3, 0.4) is 0 Å². The van der Waals surface area contributed by atoms with E-state index in [-0.39, 0.29) is 22.7 Å². The Morgan fingerprint density at radius 2 is 1.85 bits per heavy atom. The molecule has 0 saturated heterocycles. The summed E-state index contributed by atoms with van der Waals surface area (Å²) in [6.45, 7) is 17.8. The molecule has 1 amide bonds. The highest BCUT2D eigenvalue weighted by Crippen LogP contribution is 2.40. The van der Waals surface area contributed by atoms with Gasteiger partial charge in [-0.15, -0.1) is 6.58 Å². The third-order valence-electron chi connectivity index (χ3n) is 4.50. The van der Waals surface area contributed by atoms with Crippen molar-refractivity contribution in [1.82, 2.24) is 5.32 Å². The molecule has 0 spiro atoms. The lowest BCUT2D eigenvalue weighted by Crippen LogP contribution is -2.41. The van der Waals surface area contributed by atoms with E-state index in [1.165, 1.54) is 12.8 Å². The Bertz CT molecular complexity index is 305. The molecule has 20 heavy (non-hydrogen) atoms. The number of rotatable bonds is 10. The van der Waals surface area contributed by atoms with E-state index in [1.807, 2.05) is 6.08 Å². The van der Waals surface area contributed by atoms with Crippen LogP contribution < -0.4 is 5.32 Å². The fourth-order valence-corrected chi connectivity index (χ4v) is 2.72. The van der Waals surface area contributed by atoms with Crippen LogP contribution in [0.1, 0.15) is 73.6 Å². The molecule has 1 unspecified atom stereocenters. The minimum absolute atomic E-state index is 0.0449. The highest BCUT2D eigenvalue weighted by molar-refractivity contribution is 5.79. The molecule has 1 atom stereocenters. The standard InChI is InChI=1S/C18H35NO/c1-8-11-13-19-16(20)15(18(6,7)10-3)14-17(4,5)12-9-2/h8,15H,1,9-14H2,2-7H3,(H,19,20). The Kier molecular flexibility index (Phi) is 8.15. The Hall–Kier alpha value is -0.790. The quantitative estimate of drug-likeness (QED) is 0.445. The van der Waals surface area contributed by atoms with E-state index in [0.29, 0.717) is 6.54 Å². The number of hydrogen-bond acceptors (Lipinski definition) is 1. The van der Waals surface area contributed by atoms with Gasteiger partial charge in [0, 0.05) is 12.5 Å². The van der Waals surface area contributed by atoms with Crippen LogP contribution >= 0.6 is 0 Å². The number of nitrogens with one attached hydrogen (secondary N) is 1. The summed E-state index contributed by atoms with van der Waals surface area (Å²) < 4.78 is 0. The third kappa shape index (κ3) is 6.58. The van der Waals surface area contributed by atoms with Crippen LogP contribution in [0.2, 0.25) is 0 Å². The van der Waals surface area contributed by atoms with Gasteiger partial charge in [-0.25, -0.2) is 0 Å². The van der Waals surface area contributed by atoms with Crippen LogP contribution in [0, 0.1) is 16.7 Å². The van der Waals surface area contributed by atoms with Gasteiger partial charge < -0.3 is 5.32 Å². The van der Waals surface area contributed by atoms with Crippen LogP contribution in [-0.4, -0.2) is 12.5 Å². The maximum absolute atomic E-state index is 12.6. The van der Waals surface area contributed by atoms with Crippen molar-refractivity contribution in [2.24, 2.45) is 16.7 Å². The summed E-state index contributed by atoms with van der Waals surface area (Å²) in [6, 6.07) is 0. The van der Waals surface area contributed by atoms with Crippen molar-refractivity contribution in [3.63, 3.8) is 0 Å². The van der Waals surface area contributed by atoms with E-state index < -0.39 is 0 Å². The van der Waals surface area contributed by atoms with Crippen LogP contribution in [0.25, 0.3) is 0 Å². The maximum atomic E-state index is 12.6. The van der Waals surface area contributed by atoms with Crippen molar-refractivity contribution in [3.05, 3.63) is 12.7 Å². The summed E-state index contributed by atoms with van der Waals surface area (Å²) in [6.07, 6.45) is 7.01. The molecule has 0 fully saturated rings. The first kappa shape index (κ1) is 19.2. The highest BCUT2D eigenvalue weighted by atomic mass is 16.1. The molecule has 0 bridgehead atoms. The largest absolute Gasteiger partial charge is 0.356 e. The highest BCUT2D eigenvalue weighted by Gasteiger charge is 2.37. The van der Waals surface area contributed by atoms with Crippen LogP contribution in [0.15, 0.2) is 12.7 Å². The molecule has 0 aromatic heterocycles. The summed E-state index contributed by atoms with van der Waals surface area (Å²) >= 11 is 0. The molecular formula is C18H35NO. The second-order valence-electron chi connectivity index (χ2n) is 7.38. The topological polar surface area (TPSA) is 29.1 Å². The second-order valence-corrected chi connectivity index (χ2v) is 7.38. The predicted molar refractivity (Wildman–Crippen MR) is 88.7 cm³/mol. The Morgan fingerprint density at radius 1 is 1.25 bits per heavy atom. The van der Waals surface area contributed by atoms with Gasteiger partial charge in [0.05, 0.1) is 0 Å². The molecule has 0 heterocycles. The van der Waals surface area contributed by atoms with Gasteiger partial charge in [-0.05, 0) is 30.1 Å². The second kappa shape index (κ2) is 8.49. The molecule has 0 aromatic rings. The zero-order valence-electron chi connectivity index (χ0n) is 14.5. The molecule has 0 aliphatic carbocycles. The Morgan fingerprint density at radius 3 is 2.30 bits per heavy atom. The zero-order chi connectivity index (χ0) is 15.8. The fourth-order valence-electron chi connectivity index (χ4n) is 2.72. The van der Waals surface area contributed by atoms with Crippen LogP contribution in [0.4, 0.5) is 0 Å². The summed E-state index contributed by atoms with van der Waals surface area (Å²) in [5, 5.41) is 3.08. The van der Waals surface area contributed by atoms with Crippen molar-refractivity contribution < 1.29 is 4.79 Å². The molecule has 0 rings (SSSR count). The van der Waals surface area contributed by atoms with Gasteiger partial charge in [-0.1, -0.05) is 60.5 Å². The number of carbonyl (C=O) groups excluding carboxylic acids is 1. The maximum Gasteiger partial charge on any atom is 0.223 e. The molecule has 2 nitrogen and oxygen atoms in total. The minimum atomic E-state index is 0.0449. The summed E-state index contributed by atoms with van der Waals surface area (Å²) in [5.74, 6) is 0.293. The molecule has 0 aromatic carbocycles. The van der Waals surface area contributed by atoms with E-state index >= 15 is 0 Å². The molecule has 0 saturated carbocycles. The molecule has 118 valence electrons. The first-order valence-electron chi connectivity index (χ1n) is 8.08. The number of carbonyl (C=O) groups is 1. The van der Waals surface area contributed by atoms with Gasteiger partial charge in [0.25, 0.3) is 0 Å². The van der Waals surface area contributed by atoms with Crippen molar-refractivity contribution in [2.45, 2.75) is 73.6 Å². The van der Waals surface area contributed by atoms with Crippen LogP contribution in [0.5, 0.6) is 0 Å². The minimum Gasteiger partial charge on any atom is -0.356 e. The lowest BCUT2D eigenvalue weighted by atomic mass is 9.67. The van der Waals surface area contributed by atoms with Crippen LogP contribution in [-0.2, 0) is 4.79 Å². The normalized spacial score (nSPS) is 13.9. The molecule has 1 N–H and O–H groups in total. The van der Waals surface area contributed by atoms with E-state index in [4.69, 9.17) is 0 Å². The Labute approximate surface area is 126 Å². The molecular weight excluding hydrogens is 246 g/mol. The van der Waals surface area contributed by atoms with E-state index in [0.717, 1.165) is 19.3 Å². The summed E-state index contributed by atoms with van der Waals surface area (Å²) in [5.41, 5.74) is 0.269. The van der Waals surface area contributed by atoms with E-state index in [1.54, 1.807) is 0 Å². The smallest absolute Gasteiger partial charge is 0.223 e. The van der Waals surface area contributed by atoms with Crippen molar-refractivity contribution >= 4 is 5.91 Å².